The molecule has 0 spiro atoms. The molecule has 0 bridgehead atoms. The van der Waals surface area contributed by atoms with Crippen molar-refractivity contribution in [3.05, 3.63) is 67.9 Å². The largest absolute Gasteiger partial charge is 0.505 e. The van der Waals surface area contributed by atoms with Gasteiger partial charge < -0.3 is 34.9 Å². The van der Waals surface area contributed by atoms with E-state index in [4.69, 9.17) is 9.15 Å². The number of aliphatic hydroxyl groups is 1. The number of para-hydroxylation sites is 1. The Morgan fingerprint density at radius 1 is 1.17 bits per heavy atom. The minimum Gasteiger partial charge on any atom is -0.505 e. The van der Waals surface area contributed by atoms with Gasteiger partial charge in [0.1, 0.15) is 22.9 Å². The van der Waals surface area contributed by atoms with Gasteiger partial charge in [-0.3, -0.25) is 14.4 Å². The predicted molar refractivity (Wildman–Crippen MR) is 128 cm³/mol. The normalized spacial score (nSPS) is 20.0. The highest BCUT2D eigenvalue weighted by molar-refractivity contribution is 5.99. The third-order valence-corrected chi connectivity index (χ3v) is 6.78. The van der Waals surface area contributed by atoms with Gasteiger partial charge in [-0.15, -0.1) is 0 Å². The van der Waals surface area contributed by atoms with Gasteiger partial charge in [0.15, 0.2) is 5.75 Å². The number of ether oxygens (including phenoxy) is 1. The lowest BCUT2D eigenvalue weighted by atomic mass is 9.79. The Morgan fingerprint density at radius 3 is 2.51 bits per heavy atom. The molecular formula is C25H27N3O7. The van der Waals surface area contributed by atoms with Gasteiger partial charge in [0.25, 0.3) is 16.8 Å². The summed E-state index contributed by atoms with van der Waals surface area (Å²) in [6.45, 7) is 5.32. The van der Waals surface area contributed by atoms with E-state index in [2.05, 4.69) is 10.6 Å². The molecule has 2 saturated heterocycles. The molecule has 10 nitrogen and oxygen atoms in total. The van der Waals surface area contributed by atoms with Gasteiger partial charge in [0.05, 0.1) is 36.6 Å². The molecule has 2 aliphatic heterocycles. The summed E-state index contributed by atoms with van der Waals surface area (Å²) in [7, 11) is 0. The van der Waals surface area contributed by atoms with Crippen LogP contribution in [-0.4, -0.2) is 53.4 Å². The number of aromatic hydroxyl groups is 1. The highest BCUT2D eigenvalue weighted by Crippen LogP contribution is 2.43. The number of carbonyl (C=O) groups is 1. The molecule has 0 saturated carbocycles. The van der Waals surface area contributed by atoms with Crippen LogP contribution in [0.25, 0.3) is 0 Å². The lowest BCUT2D eigenvalue weighted by Gasteiger charge is -2.44. The number of carbonyl (C=O) groups excluding carboxylic acids is 1. The van der Waals surface area contributed by atoms with Crippen molar-refractivity contribution in [2.75, 3.05) is 36.9 Å². The molecular weight excluding hydrogens is 454 g/mol. The smallest absolute Gasteiger partial charge is 0.257 e. The Hall–Kier alpha value is -3.63. The summed E-state index contributed by atoms with van der Waals surface area (Å²) in [5.74, 6) is 0.583. The number of hydrogen-bond donors (Lipinski definition) is 4. The van der Waals surface area contributed by atoms with Crippen LogP contribution in [0.3, 0.4) is 0 Å². The molecule has 35 heavy (non-hydrogen) atoms. The Morgan fingerprint density at radius 2 is 1.91 bits per heavy atom. The fourth-order valence-corrected chi connectivity index (χ4v) is 4.63. The van der Waals surface area contributed by atoms with Crippen molar-refractivity contribution in [2.24, 2.45) is 5.41 Å². The molecule has 0 radical (unpaired) electrons. The Kier molecular flexibility index (Phi) is 5.65. The van der Waals surface area contributed by atoms with E-state index in [9.17, 15) is 24.6 Å². The van der Waals surface area contributed by atoms with Crippen LogP contribution in [-0.2, 0) is 4.74 Å². The molecule has 1 aromatic heterocycles. The Balaban J connectivity index is 1.42. The van der Waals surface area contributed by atoms with Crippen molar-refractivity contribution < 1.29 is 24.2 Å². The van der Waals surface area contributed by atoms with Gasteiger partial charge in [-0.2, -0.15) is 0 Å². The Labute approximate surface area is 200 Å². The first-order chi connectivity index (χ1) is 16.7. The SMILES string of the molecule is Cc1ccc(C(Nc2c(Nc3cccc(C(=O)N4CCC(O)C4)c3O)c(=O)c2=O)C2(C)COC2)o1. The summed E-state index contributed by atoms with van der Waals surface area (Å²) in [6, 6.07) is 7.79. The van der Waals surface area contributed by atoms with E-state index in [1.165, 1.54) is 17.0 Å². The summed E-state index contributed by atoms with van der Waals surface area (Å²) >= 11 is 0. The van der Waals surface area contributed by atoms with E-state index in [0.717, 1.165) is 5.76 Å². The monoisotopic (exact) mass is 481 g/mol. The first-order valence-corrected chi connectivity index (χ1v) is 11.5. The standard InChI is InChI=1S/C25H27N3O7/c1-13-6-7-17(35-13)23(25(2)11-34-12-25)27-19-18(21(31)22(19)32)26-16-5-3-4-15(20(16)30)24(33)28-9-8-14(29)10-28/h3-7,14,23,26-27,29-30H,8-12H2,1-2H3. The second kappa shape index (κ2) is 8.54. The van der Waals surface area contributed by atoms with Gasteiger partial charge >= 0.3 is 0 Å². The second-order valence-corrected chi connectivity index (χ2v) is 9.60. The molecule has 4 N–H and O–H groups in total. The van der Waals surface area contributed by atoms with Gasteiger partial charge in [-0.25, -0.2) is 0 Å². The maximum absolute atomic E-state index is 12.8. The van der Waals surface area contributed by atoms with Crippen LogP contribution in [0.2, 0.25) is 0 Å². The number of aryl methyl sites for hydroxylation is 1. The average molecular weight is 482 g/mol. The van der Waals surface area contributed by atoms with Crippen molar-refractivity contribution in [2.45, 2.75) is 32.4 Å². The number of furan rings is 1. The number of nitrogens with zero attached hydrogens (tertiary/aromatic N) is 1. The zero-order chi connectivity index (χ0) is 24.9. The molecule has 2 atom stereocenters. The third kappa shape index (κ3) is 3.98. The van der Waals surface area contributed by atoms with Gasteiger partial charge in [-0.1, -0.05) is 13.0 Å². The van der Waals surface area contributed by atoms with Crippen molar-refractivity contribution >= 4 is 23.0 Å². The minimum atomic E-state index is -0.726. The van der Waals surface area contributed by atoms with Crippen molar-refractivity contribution in [3.63, 3.8) is 0 Å². The third-order valence-electron chi connectivity index (χ3n) is 6.78. The average Bonchev–Trinajstić information content (AvgIpc) is 3.45. The maximum atomic E-state index is 12.8. The van der Waals surface area contributed by atoms with Gasteiger partial charge in [0, 0.05) is 18.5 Å². The zero-order valence-corrected chi connectivity index (χ0v) is 19.5. The summed E-state index contributed by atoms with van der Waals surface area (Å²) in [5.41, 5.74) is -1.51. The number of phenolic OH excluding ortho intramolecular Hbond substituents is 1. The van der Waals surface area contributed by atoms with Gasteiger partial charge in [0.2, 0.25) is 0 Å². The fourth-order valence-electron chi connectivity index (χ4n) is 4.63. The first-order valence-electron chi connectivity index (χ1n) is 11.5. The number of β-amino-alcohol motifs (C(OH)–C–C–N with tert-alkyl or cyclic N) is 1. The highest BCUT2D eigenvalue weighted by atomic mass is 16.5. The summed E-state index contributed by atoms with van der Waals surface area (Å²) in [6.07, 6.45) is -0.114. The molecule has 3 heterocycles. The number of benzene rings is 1. The Bertz CT molecular complexity index is 1350. The number of likely N-dealkylation sites (tertiary alicyclic amines) is 1. The lowest BCUT2D eigenvalue weighted by Crippen LogP contribution is -2.49. The minimum absolute atomic E-state index is 0.00335. The predicted octanol–water partition coefficient (Wildman–Crippen LogP) is 2.03. The van der Waals surface area contributed by atoms with E-state index in [1.807, 2.05) is 26.0 Å². The molecule has 2 fully saturated rings. The summed E-state index contributed by atoms with van der Waals surface area (Å²) in [5, 5.41) is 26.5. The number of aliphatic hydroxyl groups excluding tert-OH is 1. The molecule has 2 unspecified atom stereocenters. The number of hydrogen-bond acceptors (Lipinski definition) is 9. The van der Waals surface area contributed by atoms with Crippen LogP contribution in [0.15, 0.2) is 44.3 Å². The quantitative estimate of drug-likeness (QED) is 0.295. The number of rotatable bonds is 7. The lowest BCUT2D eigenvalue weighted by molar-refractivity contribution is -0.115. The van der Waals surface area contributed by atoms with Crippen LogP contribution < -0.4 is 21.5 Å². The van der Waals surface area contributed by atoms with Gasteiger partial charge in [-0.05, 0) is 37.6 Å². The van der Waals surface area contributed by atoms with Crippen molar-refractivity contribution in [1.82, 2.24) is 4.90 Å². The van der Waals surface area contributed by atoms with E-state index < -0.39 is 28.9 Å². The maximum Gasteiger partial charge on any atom is 0.257 e. The van der Waals surface area contributed by atoms with Crippen molar-refractivity contribution in [3.8, 4) is 5.75 Å². The van der Waals surface area contributed by atoms with E-state index in [-0.39, 0.29) is 40.3 Å². The molecule has 10 heteroatoms. The zero-order valence-electron chi connectivity index (χ0n) is 19.5. The van der Waals surface area contributed by atoms with E-state index >= 15 is 0 Å². The van der Waals surface area contributed by atoms with Crippen LogP contribution in [0.5, 0.6) is 5.75 Å². The van der Waals surface area contributed by atoms with E-state index in [1.54, 1.807) is 6.07 Å². The van der Waals surface area contributed by atoms with Crippen LogP contribution in [0, 0.1) is 12.3 Å². The number of anilines is 3. The molecule has 2 aliphatic rings. The molecule has 2 aromatic carbocycles. The van der Waals surface area contributed by atoms with Crippen LogP contribution >= 0.6 is 0 Å². The fraction of sp³-hybridized carbons (Fsp3) is 0.400. The number of amides is 1. The summed E-state index contributed by atoms with van der Waals surface area (Å²) < 4.78 is 11.2. The topological polar surface area (TPSA) is 141 Å². The van der Waals surface area contributed by atoms with Crippen molar-refractivity contribution in [1.29, 1.82) is 0 Å². The molecule has 1 amide bonds. The van der Waals surface area contributed by atoms with Crippen LogP contribution in [0.4, 0.5) is 17.1 Å². The summed E-state index contributed by atoms with van der Waals surface area (Å²) in [4.78, 5) is 39.3. The highest BCUT2D eigenvalue weighted by Gasteiger charge is 2.45. The van der Waals surface area contributed by atoms with Crippen LogP contribution in [0.1, 0.15) is 41.3 Å². The molecule has 5 rings (SSSR count). The molecule has 184 valence electrons. The molecule has 3 aromatic rings. The number of nitrogens with one attached hydrogen (secondary N) is 2. The number of phenols is 1. The first kappa shape index (κ1) is 23.1. The van der Waals surface area contributed by atoms with E-state index in [0.29, 0.717) is 31.9 Å². The molecule has 0 aliphatic carbocycles. The second-order valence-electron chi connectivity index (χ2n) is 9.60.